The SMILES string of the molecule is COC(=O)/C=C/C(CC(C)C)NC(=O)C(Cc1ccccc1)NC(=O)OC(C)(C)C. The van der Waals surface area contributed by atoms with E-state index in [0.717, 1.165) is 5.56 Å². The number of hydrogen-bond donors (Lipinski definition) is 2. The molecule has 0 saturated heterocycles. The zero-order valence-corrected chi connectivity index (χ0v) is 18.7. The van der Waals surface area contributed by atoms with E-state index >= 15 is 0 Å². The topological polar surface area (TPSA) is 93.7 Å². The second kappa shape index (κ2) is 12.0. The van der Waals surface area contributed by atoms with Gasteiger partial charge in [0, 0.05) is 18.5 Å². The molecule has 0 saturated carbocycles. The fourth-order valence-corrected chi connectivity index (χ4v) is 2.75. The molecule has 2 amide bonds. The van der Waals surface area contributed by atoms with Crippen molar-refractivity contribution >= 4 is 18.0 Å². The van der Waals surface area contributed by atoms with Crippen LogP contribution in [0.4, 0.5) is 4.79 Å². The Bertz CT molecular complexity index is 723. The predicted octanol–water partition coefficient (Wildman–Crippen LogP) is 3.38. The molecule has 0 aromatic heterocycles. The summed E-state index contributed by atoms with van der Waals surface area (Å²) in [6.07, 6.45) is 3.17. The van der Waals surface area contributed by atoms with Crippen LogP contribution in [0.2, 0.25) is 0 Å². The summed E-state index contributed by atoms with van der Waals surface area (Å²) in [4.78, 5) is 36.8. The fourth-order valence-electron chi connectivity index (χ4n) is 2.75. The second-order valence-electron chi connectivity index (χ2n) is 8.52. The predicted molar refractivity (Wildman–Crippen MR) is 116 cm³/mol. The second-order valence-corrected chi connectivity index (χ2v) is 8.52. The van der Waals surface area contributed by atoms with Gasteiger partial charge in [0.1, 0.15) is 11.6 Å². The van der Waals surface area contributed by atoms with E-state index in [2.05, 4.69) is 15.4 Å². The minimum Gasteiger partial charge on any atom is -0.466 e. The maximum absolute atomic E-state index is 13.0. The highest BCUT2D eigenvalue weighted by Gasteiger charge is 2.26. The smallest absolute Gasteiger partial charge is 0.408 e. The molecule has 30 heavy (non-hydrogen) atoms. The molecule has 0 radical (unpaired) electrons. The minimum atomic E-state index is -0.830. The van der Waals surface area contributed by atoms with Crippen molar-refractivity contribution in [2.75, 3.05) is 7.11 Å². The monoisotopic (exact) mass is 418 g/mol. The van der Waals surface area contributed by atoms with E-state index < -0.39 is 23.7 Å². The van der Waals surface area contributed by atoms with E-state index in [4.69, 9.17) is 4.74 Å². The normalized spacial score (nSPS) is 13.6. The van der Waals surface area contributed by atoms with Gasteiger partial charge in [0.25, 0.3) is 0 Å². The van der Waals surface area contributed by atoms with Gasteiger partial charge in [-0.15, -0.1) is 0 Å². The van der Waals surface area contributed by atoms with E-state index in [-0.39, 0.29) is 17.9 Å². The molecule has 166 valence electrons. The molecule has 0 aliphatic heterocycles. The van der Waals surface area contributed by atoms with Crippen molar-refractivity contribution in [2.45, 2.75) is 65.1 Å². The third-order valence-corrected chi connectivity index (χ3v) is 4.01. The van der Waals surface area contributed by atoms with Gasteiger partial charge in [-0.05, 0) is 38.7 Å². The lowest BCUT2D eigenvalue weighted by atomic mass is 10.0. The van der Waals surface area contributed by atoms with Gasteiger partial charge in [0.05, 0.1) is 7.11 Å². The van der Waals surface area contributed by atoms with Crippen LogP contribution in [-0.2, 0) is 25.5 Å². The molecule has 0 aliphatic rings. The van der Waals surface area contributed by atoms with E-state index in [0.29, 0.717) is 12.8 Å². The van der Waals surface area contributed by atoms with Gasteiger partial charge >= 0.3 is 12.1 Å². The highest BCUT2D eigenvalue weighted by Crippen LogP contribution is 2.11. The van der Waals surface area contributed by atoms with Gasteiger partial charge < -0.3 is 20.1 Å². The van der Waals surface area contributed by atoms with Crippen molar-refractivity contribution in [2.24, 2.45) is 5.92 Å². The summed E-state index contributed by atoms with van der Waals surface area (Å²) >= 11 is 0. The van der Waals surface area contributed by atoms with Gasteiger partial charge in [-0.1, -0.05) is 50.3 Å². The van der Waals surface area contributed by atoms with Crippen LogP contribution in [0.15, 0.2) is 42.5 Å². The third kappa shape index (κ3) is 10.6. The van der Waals surface area contributed by atoms with Crippen molar-refractivity contribution in [1.82, 2.24) is 10.6 Å². The summed E-state index contributed by atoms with van der Waals surface area (Å²) in [7, 11) is 1.29. The lowest BCUT2D eigenvalue weighted by Gasteiger charge is -2.25. The van der Waals surface area contributed by atoms with Crippen LogP contribution in [0.25, 0.3) is 0 Å². The molecule has 1 aromatic carbocycles. The maximum Gasteiger partial charge on any atom is 0.408 e. The van der Waals surface area contributed by atoms with Gasteiger partial charge in [0.15, 0.2) is 0 Å². The van der Waals surface area contributed by atoms with Gasteiger partial charge in [-0.3, -0.25) is 4.79 Å². The Hall–Kier alpha value is -2.83. The van der Waals surface area contributed by atoms with Crippen molar-refractivity contribution < 1.29 is 23.9 Å². The molecule has 0 bridgehead atoms. The molecule has 0 heterocycles. The van der Waals surface area contributed by atoms with Crippen LogP contribution in [-0.4, -0.2) is 42.8 Å². The average Bonchev–Trinajstić information content (AvgIpc) is 2.64. The largest absolute Gasteiger partial charge is 0.466 e. The standard InChI is InChI=1S/C23H34N2O5/c1-16(2)14-18(12-13-20(26)29-6)24-21(27)19(15-17-10-8-7-9-11-17)25-22(28)30-23(3,4)5/h7-13,16,18-19H,14-15H2,1-6H3,(H,24,27)(H,25,28)/b13-12+. The van der Waals surface area contributed by atoms with Crippen LogP contribution in [0.1, 0.15) is 46.6 Å². The quantitative estimate of drug-likeness (QED) is 0.474. The molecular weight excluding hydrogens is 384 g/mol. The third-order valence-electron chi connectivity index (χ3n) is 4.01. The first-order chi connectivity index (χ1) is 14.0. The Kier molecular flexibility index (Phi) is 10.1. The lowest BCUT2D eigenvalue weighted by Crippen LogP contribution is -2.51. The number of methoxy groups -OCH3 is 1. The van der Waals surface area contributed by atoms with Gasteiger partial charge in [0.2, 0.25) is 5.91 Å². The number of amides is 2. The van der Waals surface area contributed by atoms with E-state index in [9.17, 15) is 14.4 Å². The molecule has 1 aromatic rings. The summed E-state index contributed by atoms with van der Waals surface area (Å²) in [5, 5.41) is 5.58. The molecule has 7 nitrogen and oxygen atoms in total. The Morgan fingerprint density at radius 2 is 1.70 bits per heavy atom. The summed E-state index contributed by atoms with van der Waals surface area (Å²) in [5.41, 5.74) is 0.223. The minimum absolute atomic E-state index is 0.281. The zero-order chi connectivity index (χ0) is 22.7. The van der Waals surface area contributed by atoms with E-state index in [1.54, 1.807) is 26.8 Å². The maximum atomic E-state index is 13.0. The van der Waals surface area contributed by atoms with E-state index in [1.165, 1.54) is 13.2 Å². The van der Waals surface area contributed by atoms with Gasteiger partial charge in [-0.2, -0.15) is 0 Å². The van der Waals surface area contributed by atoms with Gasteiger partial charge in [-0.25, -0.2) is 9.59 Å². The number of carbonyl (C=O) groups is 3. The number of alkyl carbamates (subject to hydrolysis) is 1. The van der Waals surface area contributed by atoms with Crippen molar-refractivity contribution in [3.63, 3.8) is 0 Å². The number of ether oxygens (including phenoxy) is 2. The van der Waals surface area contributed by atoms with Crippen LogP contribution in [0, 0.1) is 5.92 Å². The summed E-state index contributed by atoms with van der Waals surface area (Å²) in [6.45, 7) is 9.32. The summed E-state index contributed by atoms with van der Waals surface area (Å²) < 4.78 is 9.94. The average molecular weight is 419 g/mol. The molecule has 1 rings (SSSR count). The lowest BCUT2D eigenvalue weighted by molar-refractivity contribution is -0.135. The number of benzene rings is 1. The van der Waals surface area contributed by atoms with Crippen LogP contribution in [0.3, 0.4) is 0 Å². The molecule has 2 atom stereocenters. The Labute approximate surface area is 179 Å². The Balaban J connectivity index is 2.98. The number of nitrogens with one attached hydrogen (secondary N) is 2. The fraction of sp³-hybridized carbons (Fsp3) is 0.522. The molecule has 0 aliphatic carbocycles. The first-order valence-corrected chi connectivity index (χ1v) is 10.1. The van der Waals surface area contributed by atoms with E-state index in [1.807, 2.05) is 44.2 Å². The van der Waals surface area contributed by atoms with Crippen molar-refractivity contribution in [1.29, 1.82) is 0 Å². The van der Waals surface area contributed by atoms with Crippen molar-refractivity contribution in [3.05, 3.63) is 48.0 Å². The Morgan fingerprint density at radius 1 is 1.07 bits per heavy atom. The van der Waals surface area contributed by atoms with Crippen LogP contribution >= 0.6 is 0 Å². The Morgan fingerprint density at radius 3 is 2.23 bits per heavy atom. The first kappa shape index (κ1) is 25.2. The molecule has 0 fully saturated rings. The van der Waals surface area contributed by atoms with Crippen LogP contribution in [0.5, 0.6) is 0 Å². The highest BCUT2D eigenvalue weighted by molar-refractivity contribution is 5.87. The van der Waals surface area contributed by atoms with Crippen LogP contribution < -0.4 is 10.6 Å². The molecule has 7 heteroatoms. The summed E-state index contributed by atoms with van der Waals surface area (Å²) in [5.74, 6) is -0.570. The number of rotatable bonds is 9. The first-order valence-electron chi connectivity index (χ1n) is 10.1. The zero-order valence-electron chi connectivity index (χ0n) is 18.7. The summed E-state index contributed by atoms with van der Waals surface area (Å²) in [6, 6.07) is 8.20. The highest BCUT2D eigenvalue weighted by atomic mass is 16.6. The molecule has 0 spiro atoms. The molecule has 2 N–H and O–H groups in total. The number of hydrogen-bond acceptors (Lipinski definition) is 5. The number of esters is 1. The molecular formula is C23H34N2O5. The number of carbonyl (C=O) groups excluding carboxylic acids is 3. The van der Waals surface area contributed by atoms with Crippen molar-refractivity contribution in [3.8, 4) is 0 Å². The molecule has 2 unspecified atom stereocenters.